The summed E-state index contributed by atoms with van der Waals surface area (Å²) in [6, 6.07) is 5.90. The van der Waals surface area contributed by atoms with Crippen molar-refractivity contribution in [3.8, 4) is 11.5 Å². The van der Waals surface area contributed by atoms with Crippen molar-refractivity contribution < 1.29 is 14.2 Å². The highest BCUT2D eigenvalue weighted by Crippen LogP contribution is 2.40. The van der Waals surface area contributed by atoms with Gasteiger partial charge in [0.1, 0.15) is 23.2 Å². The van der Waals surface area contributed by atoms with Crippen LogP contribution < -0.4 is 15.2 Å². The fourth-order valence-corrected chi connectivity index (χ4v) is 2.98. The van der Waals surface area contributed by atoms with Gasteiger partial charge < -0.3 is 19.9 Å². The summed E-state index contributed by atoms with van der Waals surface area (Å²) < 4.78 is 17.7. The van der Waals surface area contributed by atoms with Crippen molar-refractivity contribution in [3.63, 3.8) is 0 Å². The van der Waals surface area contributed by atoms with E-state index in [1.807, 2.05) is 18.2 Å². The summed E-state index contributed by atoms with van der Waals surface area (Å²) in [7, 11) is 1.66. The molecule has 118 valence electrons. The Morgan fingerprint density at radius 2 is 2.00 bits per heavy atom. The number of methoxy groups -OCH3 is 1. The topological polar surface area (TPSA) is 53.7 Å². The van der Waals surface area contributed by atoms with Crippen molar-refractivity contribution in [2.45, 2.75) is 57.8 Å². The van der Waals surface area contributed by atoms with Gasteiger partial charge in [0.15, 0.2) is 0 Å². The lowest BCUT2D eigenvalue weighted by Gasteiger charge is -2.28. The van der Waals surface area contributed by atoms with Gasteiger partial charge in [0.05, 0.1) is 12.7 Å². The van der Waals surface area contributed by atoms with Crippen molar-refractivity contribution in [1.82, 2.24) is 0 Å². The predicted octanol–water partition coefficient (Wildman–Crippen LogP) is 2.92. The average molecular weight is 293 g/mol. The van der Waals surface area contributed by atoms with E-state index in [9.17, 15) is 0 Å². The fourth-order valence-electron chi connectivity index (χ4n) is 2.98. The first-order chi connectivity index (χ1) is 9.77. The van der Waals surface area contributed by atoms with E-state index >= 15 is 0 Å². The Morgan fingerprint density at radius 1 is 1.29 bits per heavy atom. The zero-order valence-electron chi connectivity index (χ0n) is 13.7. The van der Waals surface area contributed by atoms with Crippen LogP contribution >= 0.6 is 0 Å². The minimum absolute atomic E-state index is 0.0103. The Labute approximate surface area is 127 Å². The largest absolute Gasteiger partial charge is 0.497 e. The lowest BCUT2D eigenvalue weighted by Crippen LogP contribution is -2.37. The number of benzene rings is 1. The van der Waals surface area contributed by atoms with E-state index in [0.29, 0.717) is 6.54 Å². The molecule has 1 aliphatic rings. The second-order valence-corrected chi connectivity index (χ2v) is 6.79. The van der Waals surface area contributed by atoms with E-state index in [-0.39, 0.29) is 17.3 Å². The molecule has 1 heterocycles. The average Bonchev–Trinajstić information content (AvgIpc) is 2.59. The summed E-state index contributed by atoms with van der Waals surface area (Å²) in [5.74, 6) is 1.64. The van der Waals surface area contributed by atoms with E-state index in [1.54, 1.807) is 7.11 Å². The molecule has 1 fully saturated rings. The molecule has 1 aromatic rings. The Bertz CT molecular complexity index is 497. The van der Waals surface area contributed by atoms with Crippen molar-refractivity contribution >= 4 is 0 Å². The van der Waals surface area contributed by atoms with E-state index < -0.39 is 0 Å². The molecule has 21 heavy (non-hydrogen) atoms. The van der Waals surface area contributed by atoms with E-state index in [2.05, 4.69) is 27.7 Å². The molecule has 0 bridgehead atoms. The molecule has 4 nitrogen and oxygen atoms in total. The molecule has 0 aromatic heterocycles. The fraction of sp³-hybridized carbons (Fsp3) is 0.647. The predicted molar refractivity (Wildman–Crippen MR) is 84.0 cm³/mol. The summed E-state index contributed by atoms with van der Waals surface area (Å²) in [6.07, 6.45) is 1.66. The minimum Gasteiger partial charge on any atom is -0.497 e. The zero-order chi connectivity index (χ0) is 15.7. The number of rotatable bonds is 5. The van der Waals surface area contributed by atoms with Crippen LogP contribution in [0.1, 0.15) is 39.7 Å². The van der Waals surface area contributed by atoms with Gasteiger partial charge in [0, 0.05) is 12.5 Å². The monoisotopic (exact) mass is 293 g/mol. The van der Waals surface area contributed by atoms with Gasteiger partial charge in [-0.05, 0) is 52.3 Å². The standard InChI is InChI=1S/C17H27NO3/c1-16(2)11-15(17(3,4)21-16)20-14-10-13(19-5)7-6-12(14)8-9-18/h6-7,10,15H,8-9,11,18H2,1-5H3. The molecule has 0 spiro atoms. The van der Waals surface area contributed by atoms with Crippen LogP contribution in [0, 0.1) is 0 Å². The molecule has 1 aliphatic heterocycles. The van der Waals surface area contributed by atoms with Crippen LogP contribution in [0.2, 0.25) is 0 Å². The van der Waals surface area contributed by atoms with Gasteiger partial charge in [-0.3, -0.25) is 0 Å². The molecule has 1 unspecified atom stereocenters. The Hall–Kier alpha value is -1.26. The summed E-state index contributed by atoms with van der Waals surface area (Å²) in [5, 5.41) is 0. The van der Waals surface area contributed by atoms with Gasteiger partial charge in [-0.1, -0.05) is 6.07 Å². The van der Waals surface area contributed by atoms with Gasteiger partial charge in [-0.15, -0.1) is 0 Å². The molecule has 2 N–H and O–H groups in total. The number of hydrogen-bond donors (Lipinski definition) is 1. The summed E-state index contributed by atoms with van der Waals surface area (Å²) in [6.45, 7) is 8.96. The van der Waals surface area contributed by atoms with Crippen molar-refractivity contribution in [3.05, 3.63) is 23.8 Å². The molecule has 2 rings (SSSR count). The first-order valence-electron chi connectivity index (χ1n) is 7.51. The highest BCUT2D eigenvalue weighted by atomic mass is 16.6. The molecule has 0 aliphatic carbocycles. The van der Waals surface area contributed by atoms with Crippen LogP contribution in [0.15, 0.2) is 18.2 Å². The highest BCUT2D eigenvalue weighted by molar-refractivity contribution is 5.41. The number of hydrogen-bond acceptors (Lipinski definition) is 4. The van der Waals surface area contributed by atoms with Crippen molar-refractivity contribution in [2.24, 2.45) is 5.73 Å². The minimum atomic E-state index is -0.313. The van der Waals surface area contributed by atoms with Crippen LogP contribution in [0.3, 0.4) is 0 Å². The maximum Gasteiger partial charge on any atom is 0.130 e. The summed E-state index contributed by atoms with van der Waals surface area (Å²) >= 11 is 0. The molecule has 0 radical (unpaired) electrons. The maximum atomic E-state index is 6.29. The second-order valence-electron chi connectivity index (χ2n) is 6.79. The Morgan fingerprint density at radius 3 is 2.52 bits per heavy atom. The molecular formula is C17H27NO3. The first kappa shape index (κ1) is 16.1. The molecule has 1 aromatic carbocycles. The van der Waals surface area contributed by atoms with Crippen LogP contribution in [-0.2, 0) is 11.2 Å². The molecule has 0 amide bonds. The molecule has 0 saturated carbocycles. The van der Waals surface area contributed by atoms with Crippen molar-refractivity contribution in [2.75, 3.05) is 13.7 Å². The van der Waals surface area contributed by atoms with E-state index in [1.165, 1.54) is 0 Å². The molecular weight excluding hydrogens is 266 g/mol. The molecule has 1 atom stereocenters. The van der Waals surface area contributed by atoms with Gasteiger partial charge in [0.2, 0.25) is 0 Å². The normalized spacial score (nSPS) is 23.0. The van der Waals surface area contributed by atoms with Gasteiger partial charge in [0.25, 0.3) is 0 Å². The number of ether oxygens (including phenoxy) is 3. The highest BCUT2D eigenvalue weighted by Gasteiger charge is 2.47. The summed E-state index contributed by atoms with van der Waals surface area (Å²) in [4.78, 5) is 0. The molecule has 1 saturated heterocycles. The van der Waals surface area contributed by atoms with Crippen LogP contribution in [0.25, 0.3) is 0 Å². The van der Waals surface area contributed by atoms with E-state index in [4.69, 9.17) is 19.9 Å². The lowest BCUT2D eigenvalue weighted by atomic mass is 9.97. The third-order valence-electron chi connectivity index (χ3n) is 3.95. The third kappa shape index (κ3) is 3.69. The quantitative estimate of drug-likeness (QED) is 0.907. The third-order valence-corrected chi connectivity index (χ3v) is 3.95. The van der Waals surface area contributed by atoms with Crippen LogP contribution in [0.5, 0.6) is 11.5 Å². The Balaban J connectivity index is 2.25. The van der Waals surface area contributed by atoms with Gasteiger partial charge in [-0.2, -0.15) is 0 Å². The van der Waals surface area contributed by atoms with Crippen LogP contribution in [-0.4, -0.2) is 31.0 Å². The summed E-state index contributed by atoms with van der Waals surface area (Å²) in [5.41, 5.74) is 6.32. The number of nitrogens with two attached hydrogens (primary N) is 1. The van der Waals surface area contributed by atoms with Gasteiger partial charge >= 0.3 is 0 Å². The SMILES string of the molecule is COc1ccc(CCN)c(OC2CC(C)(C)OC2(C)C)c1. The van der Waals surface area contributed by atoms with E-state index in [0.717, 1.165) is 29.9 Å². The first-order valence-corrected chi connectivity index (χ1v) is 7.51. The Kier molecular flexibility index (Phi) is 4.49. The lowest BCUT2D eigenvalue weighted by molar-refractivity contribution is -0.0846. The van der Waals surface area contributed by atoms with Crippen LogP contribution in [0.4, 0.5) is 0 Å². The van der Waals surface area contributed by atoms with Gasteiger partial charge in [-0.25, -0.2) is 0 Å². The smallest absolute Gasteiger partial charge is 0.130 e. The van der Waals surface area contributed by atoms with Crippen molar-refractivity contribution in [1.29, 1.82) is 0 Å². The second kappa shape index (κ2) is 5.85. The zero-order valence-corrected chi connectivity index (χ0v) is 13.7. The maximum absolute atomic E-state index is 6.29. The molecule has 4 heteroatoms.